The molecular weight excluding hydrogens is 671 g/mol. The van der Waals surface area contributed by atoms with Gasteiger partial charge in [-0.1, -0.05) is 93.7 Å². The molecule has 0 saturated heterocycles. The van der Waals surface area contributed by atoms with E-state index < -0.39 is 39.8 Å². The molecule has 0 aliphatic rings. The van der Waals surface area contributed by atoms with E-state index in [9.17, 15) is 14.4 Å². The van der Waals surface area contributed by atoms with Gasteiger partial charge in [-0.15, -0.1) is 0 Å². The number of esters is 2. The molecule has 0 aliphatic heterocycles. The van der Waals surface area contributed by atoms with E-state index in [1.165, 1.54) is 0 Å². The van der Waals surface area contributed by atoms with E-state index in [0.717, 1.165) is 23.2 Å². The zero-order valence-electron chi connectivity index (χ0n) is 30.0. The zero-order valence-corrected chi connectivity index (χ0v) is 33.6. The van der Waals surface area contributed by atoms with E-state index in [1.54, 1.807) is 71.0 Å². The lowest BCUT2D eigenvalue weighted by atomic mass is 9.94. The van der Waals surface area contributed by atoms with Crippen LogP contribution >= 0.6 is 23.2 Å². The van der Waals surface area contributed by atoms with E-state index in [2.05, 4.69) is 44.6 Å². The predicted octanol–water partition coefficient (Wildman–Crippen LogP) is 9.28. The lowest BCUT2D eigenvalue weighted by molar-refractivity contribution is -0.149. The van der Waals surface area contributed by atoms with Gasteiger partial charge in [0, 0.05) is 32.2 Å². The van der Waals surface area contributed by atoms with E-state index in [4.69, 9.17) is 43.1 Å². The average Bonchev–Trinajstić information content (AvgIpc) is 2.93. The van der Waals surface area contributed by atoms with Crippen LogP contribution in [0, 0.1) is 11.8 Å². The SMILES string of the molecule is C[C@H](C(=O)OCC[Si](C)(C)C)[C@H](N)c1ccc(Cl)cc1.C[C@H](C(=O)OCC[Si](C)(C)C)[C@H](NC(=O)OC(C)(C)C)c1ccc(Cl)cc1. The standard InChI is InChI=1S/C20H32ClNO4Si.C15H24ClNO2Si/c1-14(18(23)25-12-13-27(5,6)7)17(15-8-10-16(21)11-9-15)22-19(24)26-20(2,3)4;1-11(15(18)19-9-10-20(2,3)4)14(17)12-5-7-13(16)8-6-12/h8-11,14,17H,12-13H2,1-7H3,(H,22,24);5-8,11,14H,9-10,17H2,1-4H3/t14-,17-;11-,14-/m00/s1. The van der Waals surface area contributed by atoms with Crippen LogP contribution in [0.15, 0.2) is 48.5 Å². The molecule has 2 aromatic carbocycles. The third-order valence-electron chi connectivity index (χ3n) is 7.13. The maximum Gasteiger partial charge on any atom is 0.408 e. The highest BCUT2D eigenvalue weighted by atomic mass is 35.5. The first-order valence-corrected chi connectivity index (χ1v) is 24.3. The van der Waals surface area contributed by atoms with Gasteiger partial charge in [-0.3, -0.25) is 9.59 Å². The van der Waals surface area contributed by atoms with Gasteiger partial charge < -0.3 is 25.3 Å². The molecule has 0 aliphatic carbocycles. The zero-order chi connectivity index (χ0) is 36.2. The first kappa shape index (κ1) is 42.6. The summed E-state index contributed by atoms with van der Waals surface area (Å²) in [6, 6.07) is 15.2. The highest BCUT2D eigenvalue weighted by Crippen LogP contribution is 2.26. The van der Waals surface area contributed by atoms with Gasteiger partial charge in [-0.25, -0.2) is 4.79 Å². The number of carbonyl (C=O) groups excluding carboxylic acids is 3. The van der Waals surface area contributed by atoms with Crippen molar-refractivity contribution in [1.29, 1.82) is 0 Å². The molecule has 47 heavy (non-hydrogen) atoms. The largest absolute Gasteiger partial charge is 0.466 e. The summed E-state index contributed by atoms with van der Waals surface area (Å²) in [7, 11) is -2.47. The van der Waals surface area contributed by atoms with Gasteiger partial charge in [-0.2, -0.15) is 0 Å². The van der Waals surface area contributed by atoms with Crippen LogP contribution in [0.4, 0.5) is 4.79 Å². The van der Waals surface area contributed by atoms with E-state index >= 15 is 0 Å². The number of benzene rings is 2. The summed E-state index contributed by atoms with van der Waals surface area (Å²) in [5, 5.41) is 4.04. The topological polar surface area (TPSA) is 117 Å². The summed E-state index contributed by atoms with van der Waals surface area (Å²) >= 11 is 11.8. The number of ether oxygens (including phenoxy) is 3. The van der Waals surface area contributed by atoms with Crippen molar-refractivity contribution < 1.29 is 28.6 Å². The average molecular weight is 728 g/mol. The maximum absolute atomic E-state index is 12.6. The van der Waals surface area contributed by atoms with E-state index in [0.29, 0.717) is 23.3 Å². The number of halogens is 2. The van der Waals surface area contributed by atoms with Crippen molar-refractivity contribution in [2.45, 2.75) is 104 Å². The molecule has 0 unspecified atom stereocenters. The Balaban J connectivity index is 0.000000491. The molecule has 0 heterocycles. The molecule has 1 amide bonds. The third kappa shape index (κ3) is 18.1. The van der Waals surface area contributed by atoms with Gasteiger partial charge in [-0.05, 0) is 75.2 Å². The number of amides is 1. The minimum Gasteiger partial charge on any atom is -0.466 e. The van der Waals surface area contributed by atoms with Crippen LogP contribution in [0.5, 0.6) is 0 Å². The minimum atomic E-state index is -1.29. The highest BCUT2D eigenvalue weighted by Gasteiger charge is 2.30. The smallest absolute Gasteiger partial charge is 0.408 e. The van der Waals surface area contributed by atoms with Gasteiger partial charge in [0.15, 0.2) is 0 Å². The minimum absolute atomic E-state index is 0.231. The summed E-state index contributed by atoms with van der Waals surface area (Å²) in [5.74, 6) is -1.51. The molecular formula is C35H56Cl2N2O6Si2. The third-order valence-corrected chi connectivity index (χ3v) is 11.0. The molecule has 4 atom stereocenters. The van der Waals surface area contributed by atoms with E-state index in [-0.39, 0.29) is 23.9 Å². The van der Waals surface area contributed by atoms with Crippen LogP contribution in [-0.2, 0) is 23.8 Å². The molecule has 0 radical (unpaired) electrons. The molecule has 0 saturated carbocycles. The number of rotatable bonds is 13. The van der Waals surface area contributed by atoms with Gasteiger partial charge in [0.25, 0.3) is 0 Å². The number of alkyl carbamates (subject to hydrolysis) is 1. The van der Waals surface area contributed by atoms with E-state index in [1.807, 2.05) is 12.1 Å². The number of hydrogen-bond acceptors (Lipinski definition) is 7. The Hall–Kier alpha value is -2.38. The Bertz CT molecular complexity index is 1270. The fourth-order valence-corrected chi connectivity index (χ4v) is 5.72. The normalized spacial score (nSPS) is 14.4. The summed E-state index contributed by atoms with van der Waals surface area (Å²) in [5.41, 5.74) is 7.14. The Kier molecular flexibility index (Phi) is 17.2. The molecule has 12 heteroatoms. The number of nitrogens with one attached hydrogen (secondary N) is 1. The molecule has 0 bridgehead atoms. The van der Waals surface area contributed by atoms with Crippen molar-refractivity contribution >= 4 is 57.4 Å². The predicted molar refractivity (Wildman–Crippen MR) is 198 cm³/mol. The van der Waals surface area contributed by atoms with Crippen molar-refractivity contribution in [2.24, 2.45) is 17.6 Å². The molecule has 2 aromatic rings. The fraction of sp³-hybridized carbons (Fsp3) is 0.571. The summed E-state index contributed by atoms with van der Waals surface area (Å²) in [6.07, 6.45) is -0.579. The number of hydrogen-bond donors (Lipinski definition) is 2. The first-order chi connectivity index (χ1) is 21.5. The molecule has 8 nitrogen and oxygen atoms in total. The van der Waals surface area contributed by atoms with Crippen LogP contribution in [-0.4, -0.2) is 53.0 Å². The monoisotopic (exact) mass is 726 g/mol. The van der Waals surface area contributed by atoms with Crippen LogP contribution in [0.3, 0.4) is 0 Å². The fourth-order valence-electron chi connectivity index (χ4n) is 4.04. The molecule has 0 fully saturated rings. The van der Waals surface area contributed by atoms with Gasteiger partial charge in [0.05, 0.1) is 31.1 Å². The summed E-state index contributed by atoms with van der Waals surface area (Å²) < 4.78 is 16.1. The number of nitrogens with two attached hydrogens (primary N) is 1. The summed E-state index contributed by atoms with van der Waals surface area (Å²) in [6.45, 7) is 23.3. The van der Waals surface area contributed by atoms with Crippen molar-refractivity contribution in [2.75, 3.05) is 13.2 Å². The van der Waals surface area contributed by atoms with Crippen LogP contribution in [0.2, 0.25) is 61.4 Å². The van der Waals surface area contributed by atoms with Crippen LogP contribution in [0.1, 0.15) is 57.8 Å². The second-order valence-corrected chi connectivity index (χ2v) is 27.4. The van der Waals surface area contributed by atoms with Crippen molar-refractivity contribution in [3.05, 3.63) is 69.7 Å². The van der Waals surface area contributed by atoms with Crippen LogP contribution < -0.4 is 11.1 Å². The Morgan fingerprint density at radius 1 is 0.723 bits per heavy atom. The quantitative estimate of drug-likeness (QED) is 0.120. The van der Waals surface area contributed by atoms with Crippen molar-refractivity contribution in [1.82, 2.24) is 5.32 Å². The molecule has 0 spiro atoms. The second kappa shape index (κ2) is 19.0. The lowest BCUT2D eigenvalue weighted by Crippen LogP contribution is -2.39. The molecule has 3 N–H and O–H groups in total. The lowest BCUT2D eigenvalue weighted by Gasteiger charge is -2.27. The first-order valence-electron chi connectivity index (χ1n) is 16.1. The molecule has 2 rings (SSSR count). The summed E-state index contributed by atoms with van der Waals surface area (Å²) in [4.78, 5) is 36.8. The number of carbonyl (C=O) groups is 3. The Labute approximate surface area is 294 Å². The van der Waals surface area contributed by atoms with Gasteiger partial charge in [0.2, 0.25) is 0 Å². The van der Waals surface area contributed by atoms with Crippen LogP contribution in [0.25, 0.3) is 0 Å². The molecule has 264 valence electrons. The molecule has 0 aromatic heterocycles. The second-order valence-electron chi connectivity index (χ2n) is 15.3. The van der Waals surface area contributed by atoms with Crippen molar-refractivity contribution in [3.8, 4) is 0 Å². The highest BCUT2D eigenvalue weighted by molar-refractivity contribution is 6.76. The van der Waals surface area contributed by atoms with Gasteiger partial charge >= 0.3 is 18.0 Å². The van der Waals surface area contributed by atoms with Crippen molar-refractivity contribution in [3.63, 3.8) is 0 Å². The Morgan fingerprint density at radius 3 is 1.49 bits per heavy atom. The van der Waals surface area contributed by atoms with Gasteiger partial charge in [0.1, 0.15) is 5.60 Å². The Morgan fingerprint density at radius 2 is 1.11 bits per heavy atom. The maximum atomic E-state index is 12.6.